The minimum Gasteiger partial charge on any atom is -0.444 e. The summed E-state index contributed by atoms with van der Waals surface area (Å²) in [6.45, 7) is 17.6. The van der Waals surface area contributed by atoms with E-state index in [9.17, 15) is 32.7 Å². The lowest BCUT2D eigenvalue weighted by atomic mass is 9.94. The number of carbonyl (C=O) groups excluding carboxylic acids is 4. The van der Waals surface area contributed by atoms with Crippen LogP contribution in [0.2, 0.25) is 0 Å². The van der Waals surface area contributed by atoms with E-state index in [1.54, 1.807) is 40.7 Å². The molecule has 3 aliphatic rings. The van der Waals surface area contributed by atoms with Crippen LogP contribution in [0.1, 0.15) is 73.6 Å². The lowest BCUT2D eigenvalue weighted by Gasteiger charge is -2.33. The van der Waals surface area contributed by atoms with Crippen LogP contribution in [0.15, 0.2) is 25.3 Å². The lowest BCUT2D eigenvalue weighted by molar-refractivity contribution is -0.142. The number of rotatable bonds is 14. The SMILES string of the molecule is C=CCO[C@@H](C)C[C@@H](C)C(NC(=O)OC(C)(C)C)C(=O)N1C[C@H](O)C[C@H]1C(=O)N[C@]1(C(=O)NS(=O)(=O)C2(C)CC2)C[C@H]1C=C. The topological polar surface area (TPSA) is 180 Å². The van der Waals surface area contributed by atoms with E-state index in [1.165, 1.54) is 11.0 Å². The number of sulfonamides is 1. The van der Waals surface area contributed by atoms with Crippen molar-refractivity contribution in [3.8, 4) is 0 Å². The second-order valence-corrected chi connectivity index (χ2v) is 15.8. The van der Waals surface area contributed by atoms with Crippen LogP contribution >= 0.6 is 0 Å². The third kappa shape index (κ3) is 8.19. The first kappa shape index (κ1) is 35.5. The van der Waals surface area contributed by atoms with Crippen LogP contribution in [0.4, 0.5) is 4.79 Å². The fourth-order valence-electron chi connectivity index (χ4n) is 5.44. The van der Waals surface area contributed by atoms with E-state index in [2.05, 4.69) is 28.5 Å². The number of nitrogens with one attached hydrogen (secondary N) is 3. The predicted molar refractivity (Wildman–Crippen MR) is 163 cm³/mol. The monoisotopic (exact) mass is 640 g/mol. The highest BCUT2D eigenvalue weighted by atomic mass is 32.2. The average molecular weight is 641 g/mol. The van der Waals surface area contributed by atoms with Crippen molar-refractivity contribution in [2.75, 3.05) is 13.2 Å². The van der Waals surface area contributed by atoms with E-state index < -0.39 is 79.7 Å². The first-order valence-electron chi connectivity index (χ1n) is 15.0. The third-order valence-corrected chi connectivity index (χ3v) is 10.6. The quantitative estimate of drug-likeness (QED) is 0.205. The molecule has 3 fully saturated rings. The normalized spacial score (nSPS) is 27.7. The molecule has 248 valence electrons. The van der Waals surface area contributed by atoms with Gasteiger partial charge in [0.1, 0.15) is 23.2 Å². The van der Waals surface area contributed by atoms with E-state index >= 15 is 0 Å². The molecule has 1 saturated heterocycles. The zero-order valence-electron chi connectivity index (χ0n) is 26.6. The molecule has 1 unspecified atom stereocenters. The van der Waals surface area contributed by atoms with E-state index in [0.29, 0.717) is 25.9 Å². The summed E-state index contributed by atoms with van der Waals surface area (Å²) in [6.07, 6.45) is 2.14. The molecular weight excluding hydrogens is 592 g/mol. The highest BCUT2D eigenvalue weighted by Crippen LogP contribution is 2.47. The number of hydrogen-bond acceptors (Lipinski definition) is 9. The van der Waals surface area contributed by atoms with Gasteiger partial charge in [-0.3, -0.25) is 19.1 Å². The van der Waals surface area contributed by atoms with Crippen molar-refractivity contribution < 1.29 is 42.2 Å². The highest BCUT2D eigenvalue weighted by molar-refractivity contribution is 7.91. The van der Waals surface area contributed by atoms with Crippen LogP contribution in [0, 0.1) is 11.8 Å². The van der Waals surface area contributed by atoms with Crippen LogP contribution < -0.4 is 15.4 Å². The minimum atomic E-state index is -3.97. The molecular formula is C30H48N4O9S. The second kappa shape index (κ2) is 13.2. The molecule has 14 heteroatoms. The molecule has 4 N–H and O–H groups in total. The summed E-state index contributed by atoms with van der Waals surface area (Å²) in [7, 11) is -3.97. The van der Waals surface area contributed by atoms with Gasteiger partial charge in [-0.1, -0.05) is 19.1 Å². The summed E-state index contributed by atoms with van der Waals surface area (Å²) in [5.41, 5.74) is -2.39. The number of carbonyl (C=O) groups is 4. The van der Waals surface area contributed by atoms with Crippen LogP contribution in [0.3, 0.4) is 0 Å². The number of ether oxygens (including phenoxy) is 2. The Morgan fingerprint density at radius 3 is 2.32 bits per heavy atom. The largest absolute Gasteiger partial charge is 0.444 e. The van der Waals surface area contributed by atoms with Gasteiger partial charge in [0.15, 0.2) is 0 Å². The van der Waals surface area contributed by atoms with Crippen LogP contribution in [0.25, 0.3) is 0 Å². The molecule has 44 heavy (non-hydrogen) atoms. The molecule has 1 aliphatic heterocycles. The van der Waals surface area contributed by atoms with Crippen molar-refractivity contribution in [3.05, 3.63) is 25.3 Å². The Morgan fingerprint density at radius 1 is 1.16 bits per heavy atom. The second-order valence-electron chi connectivity index (χ2n) is 13.6. The maximum atomic E-state index is 14.0. The van der Waals surface area contributed by atoms with Crippen molar-refractivity contribution in [1.82, 2.24) is 20.3 Å². The summed E-state index contributed by atoms with van der Waals surface area (Å²) in [4.78, 5) is 54.9. The van der Waals surface area contributed by atoms with Gasteiger partial charge in [-0.2, -0.15) is 0 Å². The van der Waals surface area contributed by atoms with E-state index in [0.717, 1.165) is 0 Å². The standard InChI is InChI=1S/C30H48N4O9S/c1-9-13-42-19(4)14-18(3)23(31-27(39)43-28(5,6)7)25(37)34-17-21(35)15-22(34)24(36)32-30(16-20(30)10-2)26(38)33-44(40,41)29(8)11-12-29/h9-10,18-23,35H,1-2,11-17H2,3-8H3,(H,31,39)(H,32,36)(H,33,38)/t18-,19+,20-,21-,22+,23?,30-/m1/s1. The lowest BCUT2D eigenvalue weighted by Crippen LogP contribution is -2.59. The Kier molecular flexibility index (Phi) is 10.6. The van der Waals surface area contributed by atoms with Gasteiger partial charge in [0.25, 0.3) is 5.91 Å². The van der Waals surface area contributed by atoms with Crippen LogP contribution in [-0.2, 0) is 33.9 Å². The molecule has 2 aliphatic carbocycles. The average Bonchev–Trinajstić information content (AvgIpc) is 3.80. The molecule has 13 nitrogen and oxygen atoms in total. The molecule has 4 amide bonds. The number of amides is 4. The number of likely N-dealkylation sites (tertiary alicyclic amines) is 1. The Hall–Kier alpha value is -2.97. The van der Waals surface area contributed by atoms with Gasteiger partial charge in [0, 0.05) is 18.9 Å². The van der Waals surface area contributed by atoms with Crippen molar-refractivity contribution >= 4 is 33.8 Å². The highest BCUT2D eigenvalue weighted by Gasteiger charge is 2.63. The number of aliphatic hydroxyl groups excluding tert-OH is 1. The zero-order valence-corrected chi connectivity index (χ0v) is 27.4. The van der Waals surface area contributed by atoms with Gasteiger partial charge in [-0.25, -0.2) is 13.2 Å². The van der Waals surface area contributed by atoms with E-state index in [4.69, 9.17) is 9.47 Å². The predicted octanol–water partition coefficient (Wildman–Crippen LogP) is 1.52. The fourth-order valence-corrected chi connectivity index (χ4v) is 6.76. The molecule has 1 heterocycles. The molecule has 0 aromatic carbocycles. The summed E-state index contributed by atoms with van der Waals surface area (Å²) < 4.78 is 37.7. The van der Waals surface area contributed by atoms with Crippen LogP contribution in [-0.4, -0.2) is 95.6 Å². The summed E-state index contributed by atoms with van der Waals surface area (Å²) >= 11 is 0. The molecule has 0 radical (unpaired) electrons. The number of aliphatic hydroxyl groups is 1. The van der Waals surface area contributed by atoms with Crippen molar-refractivity contribution in [2.24, 2.45) is 11.8 Å². The van der Waals surface area contributed by atoms with Gasteiger partial charge in [-0.15, -0.1) is 13.2 Å². The smallest absolute Gasteiger partial charge is 0.408 e. The summed E-state index contributed by atoms with van der Waals surface area (Å²) in [6, 6.07) is -2.32. The fraction of sp³-hybridized carbons (Fsp3) is 0.733. The first-order valence-corrected chi connectivity index (χ1v) is 16.5. The Morgan fingerprint density at radius 2 is 1.80 bits per heavy atom. The number of alkyl carbamates (subject to hydrolysis) is 1. The third-order valence-electron chi connectivity index (χ3n) is 8.46. The molecule has 0 bridgehead atoms. The Labute approximate surface area is 260 Å². The molecule has 0 spiro atoms. The zero-order chi connectivity index (χ0) is 33.3. The molecule has 7 atom stereocenters. The van der Waals surface area contributed by atoms with Crippen LogP contribution in [0.5, 0.6) is 0 Å². The summed E-state index contributed by atoms with van der Waals surface area (Å²) in [5.74, 6) is -3.21. The van der Waals surface area contributed by atoms with Crippen molar-refractivity contribution in [1.29, 1.82) is 0 Å². The van der Waals surface area contributed by atoms with Crippen molar-refractivity contribution in [3.63, 3.8) is 0 Å². The van der Waals surface area contributed by atoms with E-state index in [-0.39, 0.29) is 25.5 Å². The Balaban J connectivity index is 1.82. The number of β-amino-alcohol motifs (C(OH)–C–C–N with tert-alkyl or cyclic N) is 1. The van der Waals surface area contributed by atoms with Gasteiger partial charge >= 0.3 is 6.09 Å². The number of nitrogens with zero attached hydrogens (tertiary/aromatic N) is 1. The maximum Gasteiger partial charge on any atom is 0.408 e. The minimum absolute atomic E-state index is 0.114. The van der Waals surface area contributed by atoms with E-state index in [1.807, 2.05) is 6.92 Å². The Bertz CT molecular complexity index is 1260. The van der Waals surface area contributed by atoms with Gasteiger partial charge in [-0.05, 0) is 66.2 Å². The first-order chi connectivity index (χ1) is 20.3. The molecule has 0 aromatic rings. The molecule has 2 saturated carbocycles. The van der Waals surface area contributed by atoms with Gasteiger partial charge < -0.3 is 30.1 Å². The van der Waals surface area contributed by atoms with Gasteiger partial charge in [0.2, 0.25) is 21.8 Å². The van der Waals surface area contributed by atoms with Crippen molar-refractivity contribution in [2.45, 2.75) is 114 Å². The van der Waals surface area contributed by atoms with Gasteiger partial charge in [0.05, 0.1) is 23.6 Å². The molecule has 0 aromatic heterocycles. The summed E-state index contributed by atoms with van der Waals surface area (Å²) in [5, 5.41) is 15.9. The number of hydrogen-bond donors (Lipinski definition) is 4. The molecule has 3 rings (SSSR count). The maximum absolute atomic E-state index is 14.0.